The summed E-state index contributed by atoms with van der Waals surface area (Å²) in [6.45, 7) is 8.73. The fraction of sp³-hybridized carbons (Fsp3) is 0.917. The van der Waals surface area contributed by atoms with E-state index in [-0.39, 0.29) is 17.3 Å². The van der Waals surface area contributed by atoms with Crippen molar-refractivity contribution in [2.24, 2.45) is 17.3 Å². The van der Waals surface area contributed by atoms with E-state index in [1.807, 2.05) is 13.8 Å². The van der Waals surface area contributed by atoms with E-state index in [2.05, 4.69) is 13.8 Å². The molecule has 1 aliphatic rings. The quantitative estimate of drug-likeness (QED) is 0.649. The zero-order chi connectivity index (χ0) is 10.8. The Morgan fingerprint density at radius 1 is 1.50 bits per heavy atom. The van der Waals surface area contributed by atoms with E-state index in [0.717, 1.165) is 0 Å². The van der Waals surface area contributed by atoms with Crippen molar-refractivity contribution in [3.8, 4) is 0 Å². The van der Waals surface area contributed by atoms with Gasteiger partial charge in [-0.2, -0.15) is 0 Å². The minimum absolute atomic E-state index is 0.0211. The SMILES string of the molecule is CCOC(=O)C(C)C(C)(C)C1CCC1. The fourth-order valence-corrected chi connectivity index (χ4v) is 2.08. The Kier molecular flexibility index (Phi) is 3.57. The first kappa shape index (κ1) is 11.5. The Hall–Kier alpha value is -0.530. The summed E-state index contributed by atoms with van der Waals surface area (Å²) in [7, 11) is 0. The van der Waals surface area contributed by atoms with E-state index >= 15 is 0 Å². The highest BCUT2D eigenvalue weighted by Gasteiger charge is 2.41. The molecule has 0 amide bonds. The summed E-state index contributed by atoms with van der Waals surface area (Å²) in [4.78, 5) is 11.6. The number of ether oxygens (including phenoxy) is 1. The zero-order valence-corrected chi connectivity index (χ0v) is 9.80. The van der Waals surface area contributed by atoms with E-state index in [4.69, 9.17) is 4.74 Å². The first-order valence-corrected chi connectivity index (χ1v) is 5.66. The van der Waals surface area contributed by atoms with Gasteiger partial charge >= 0.3 is 5.97 Å². The Morgan fingerprint density at radius 2 is 2.07 bits per heavy atom. The number of carbonyl (C=O) groups is 1. The molecule has 1 unspecified atom stereocenters. The monoisotopic (exact) mass is 198 g/mol. The molecule has 0 saturated heterocycles. The van der Waals surface area contributed by atoms with Gasteiger partial charge in [0.25, 0.3) is 0 Å². The van der Waals surface area contributed by atoms with Crippen LogP contribution in [0.2, 0.25) is 0 Å². The molecular weight excluding hydrogens is 176 g/mol. The first-order chi connectivity index (χ1) is 6.50. The van der Waals surface area contributed by atoms with Crippen molar-refractivity contribution in [1.82, 2.24) is 0 Å². The largest absolute Gasteiger partial charge is 0.466 e. The lowest BCUT2D eigenvalue weighted by molar-refractivity contribution is -0.153. The van der Waals surface area contributed by atoms with Gasteiger partial charge in [0.05, 0.1) is 12.5 Å². The van der Waals surface area contributed by atoms with Crippen molar-refractivity contribution in [1.29, 1.82) is 0 Å². The minimum Gasteiger partial charge on any atom is -0.466 e. The van der Waals surface area contributed by atoms with Gasteiger partial charge in [0.15, 0.2) is 0 Å². The normalized spacial score (nSPS) is 20.0. The second kappa shape index (κ2) is 4.33. The maximum absolute atomic E-state index is 11.6. The second-order valence-corrected chi connectivity index (χ2v) is 4.92. The van der Waals surface area contributed by atoms with Gasteiger partial charge in [0, 0.05) is 0 Å². The number of carbonyl (C=O) groups excluding carboxylic acids is 1. The molecule has 0 aromatic rings. The standard InChI is InChI=1S/C12H22O2/c1-5-14-11(13)9(2)12(3,4)10-7-6-8-10/h9-10H,5-8H2,1-4H3. The Balaban J connectivity index is 2.56. The second-order valence-electron chi connectivity index (χ2n) is 4.92. The van der Waals surface area contributed by atoms with Crippen LogP contribution in [0, 0.1) is 17.3 Å². The molecule has 0 aromatic heterocycles. The average molecular weight is 198 g/mol. The summed E-state index contributed by atoms with van der Waals surface area (Å²) >= 11 is 0. The van der Waals surface area contributed by atoms with Crippen LogP contribution in [0.3, 0.4) is 0 Å². The molecule has 1 saturated carbocycles. The van der Waals surface area contributed by atoms with Crippen molar-refractivity contribution in [2.45, 2.75) is 47.0 Å². The average Bonchev–Trinajstić information content (AvgIpc) is 1.99. The first-order valence-electron chi connectivity index (χ1n) is 5.66. The van der Waals surface area contributed by atoms with Crippen LogP contribution in [0.1, 0.15) is 47.0 Å². The Bertz CT molecular complexity index is 204. The van der Waals surface area contributed by atoms with Crippen LogP contribution in [-0.2, 0) is 9.53 Å². The predicted octanol–water partition coefficient (Wildman–Crippen LogP) is 3.01. The van der Waals surface area contributed by atoms with Crippen LogP contribution in [-0.4, -0.2) is 12.6 Å². The maximum atomic E-state index is 11.6. The van der Waals surface area contributed by atoms with Crippen LogP contribution < -0.4 is 0 Å². The summed E-state index contributed by atoms with van der Waals surface area (Å²) in [6.07, 6.45) is 3.87. The Morgan fingerprint density at radius 3 is 2.43 bits per heavy atom. The maximum Gasteiger partial charge on any atom is 0.309 e. The van der Waals surface area contributed by atoms with E-state index in [1.54, 1.807) is 0 Å². The molecule has 0 aliphatic heterocycles. The Labute approximate surface area is 87.0 Å². The van der Waals surface area contributed by atoms with Crippen molar-refractivity contribution >= 4 is 5.97 Å². The number of hydrogen-bond donors (Lipinski definition) is 0. The molecule has 2 heteroatoms. The third-order valence-electron chi connectivity index (χ3n) is 3.91. The topological polar surface area (TPSA) is 26.3 Å². The molecule has 0 N–H and O–H groups in total. The van der Waals surface area contributed by atoms with Gasteiger partial charge in [-0.05, 0) is 31.1 Å². The van der Waals surface area contributed by atoms with Gasteiger partial charge in [0.1, 0.15) is 0 Å². The molecule has 1 aliphatic carbocycles. The van der Waals surface area contributed by atoms with Crippen LogP contribution in [0.4, 0.5) is 0 Å². The van der Waals surface area contributed by atoms with Gasteiger partial charge in [0.2, 0.25) is 0 Å². The van der Waals surface area contributed by atoms with Gasteiger partial charge in [-0.1, -0.05) is 27.2 Å². The summed E-state index contributed by atoms with van der Waals surface area (Å²) < 4.78 is 5.07. The van der Waals surface area contributed by atoms with Crippen molar-refractivity contribution in [2.75, 3.05) is 6.61 Å². The molecule has 0 aromatic carbocycles. The highest BCUT2D eigenvalue weighted by molar-refractivity contribution is 5.72. The van der Waals surface area contributed by atoms with Gasteiger partial charge in [-0.15, -0.1) is 0 Å². The van der Waals surface area contributed by atoms with Gasteiger partial charge in [-0.3, -0.25) is 4.79 Å². The van der Waals surface area contributed by atoms with Crippen molar-refractivity contribution in [3.05, 3.63) is 0 Å². The summed E-state index contributed by atoms with van der Waals surface area (Å²) in [5.74, 6) is 0.694. The van der Waals surface area contributed by atoms with Crippen LogP contribution >= 0.6 is 0 Å². The lowest BCUT2D eigenvalue weighted by atomic mass is 9.62. The third kappa shape index (κ3) is 2.10. The molecular formula is C12H22O2. The molecule has 1 fully saturated rings. The van der Waals surface area contributed by atoms with Crippen LogP contribution in [0.15, 0.2) is 0 Å². The summed E-state index contributed by atoms with van der Waals surface area (Å²) in [5.41, 5.74) is 0.102. The fourth-order valence-electron chi connectivity index (χ4n) is 2.08. The minimum atomic E-state index is -0.0376. The lowest BCUT2D eigenvalue weighted by Gasteiger charge is -2.43. The number of esters is 1. The molecule has 0 heterocycles. The lowest BCUT2D eigenvalue weighted by Crippen LogP contribution is -2.39. The molecule has 1 atom stereocenters. The highest BCUT2D eigenvalue weighted by atomic mass is 16.5. The van der Waals surface area contributed by atoms with E-state index in [1.165, 1.54) is 19.3 Å². The molecule has 0 radical (unpaired) electrons. The molecule has 1 rings (SSSR count). The van der Waals surface area contributed by atoms with Crippen LogP contribution in [0.25, 0.3) is 0 Å². The highest BCUT2D eigenvalue weighted by Crippen LogP contribution is 2.46. The molecule has 0 bridgehead atoms. The van der Waals surface area contributed by atoms with Crippen molar-refractivity contribution in [3.63, 3.8) is 0 Å². The smallest absolute Gasteiger partial charge is 0.309 e. The predicted molar refractivity (Wildman–Crippen MR) is 56.9 cm³/mol. The van der Waals surface area contributed by atoms with E-state index < -0.39 is 0 Å². The third-order valence-corrected chi connectivity index (χ3v) is 3.91. The number of rotatable bonds is 4. The summed E-state index contributed by atoms with van der Waals surface area (Å²) in [6, 6.07) is 0. The summed E-state index contributed by atoms with van der Waals surface area (Å²) in [5, 5.41) is 0. The van der Waals surface area contributed by atoms with Gasteiger partial charge in [-0.25, -0.2) is 0 Å². The molecule has 0 spiro atoms. The molecule has 82 valence electrons. The van der Waals surface area contributed by atoms with Crippen molar-refractivity contribution < 1.29 is 9.53 Å². The molecule has 14 heavy (non-hydrogen) atoms. The van der Waals surface area contributed by atoms with Gasteiger partial charge < -0.3 is 4.74 Å². The van der Waals surface area contributed by atoms with Crippen LogP contribution in [0.5, 0.6) is 0 Å². The van der Waals surface area contributed by atoms with E-state index in [9.17, 15) is 4.79 Å². The molecule has 2 nitrogen and oxygen atoms in total. The zero-order valence-electron chi connectivity index (χ0n) is 9.80. The van der Waals surface area contributed by atoms with E-state index in [0.29, 0.717) is 12.5 Å². The number of hydrogen-bond acceptors (Lipinski definition) is 2.